The quantitative estimate of drug-likeness (QED) is 0.735. The Morgan fingerprint density at radius 3 is 2.62 bits per heavy atom. The van der Waals surface area contributed by atoms with Crippen LogP contribution in [0.4, 0.5) is 0 Å². The molecule has 1 aliphatic rings. The maximum absolute atomic E-state index is 11.3. The van der Waals surface area contributed by atoms with Crippen molar-refractivity contribution in [3.8, 4) is 0 Å². The average Bonchev–Trinajstić information content (AvgIpc) is 3.05. The molecule has 2 nitrogen and oxygen atoms in total. The summed E-state index contributed by atoms with van der Waals surface area (Å²) in [5, 5.41) is 0.830. The van der Waals surface area contributed by atoms with Crippen LogP contribution in [0.5, 0.6) is 0 Å². The molecule has 0 N–H and O–H groups in total. The highest BCUT2D eigenvalue weighted by Gasteiger charge is 2.22. The maximum Gasteiger partial charge on any atom is 0.310 e. The molecule has 2 rings (SSSR count). The Balaban J connectivity index is 1.87. The molecule has 0 heterocycles. The van der Waals surface area contributed by atoms with Crippen LogP contribution in [0.3, 0.4) is 0 Å². The second-order valence-electron chi connectivity index (χ2n) is 3.94. The normalized spacial score (nSPS) is 14.8. The minimum Gasteiger partial charge on any atom is -0.466 e. The monoisotopic (exact) mass is 236 g/mol. The summed E-state index contributed by atoms with van der Waals surface area (Å²) in [4.78, 5) is 12.6. The minimum absolute atomic E-state index is 0.148. The Hall–Kier alpha value is -0.960. The van der Waals surface area contributed by atoms with Gasteiger partial charge in [-0.05, 0) is 37.5 Å². The summed E-state index contributed by atoms with van der Waals surface area (Å²) in [6, 6.07) is 8.22. The van der Waals surface area contributed by atoms with Gasteiger partial charge < -0.3 is 4.74 Å². The van der Waals surface area contributed by atoms with Crippen molar-refractivity contribution < 1.29 is 9.53 Å². The number of thioether (sulfide) groups is 1. The molecular formula is C13H16O2S. The van der Waals surface area contributed by atoms with Crippen LogP contribution < -0.4 is 0 Å². The van der Waals surface area contributed by atoms with E-state index in [-0.39, 0.29) is 5.97 Å². The molecule has 1 aliphatic carbocycles. The number of carbonyl (C=O) groups excluding carboxylic acids is 1. The van der Waals surface area contributed by atoms with E-state index in [2.05, 4.69) is 12.1 Å². The lowest BCUT2D eigenvalue weighted by Gasteiger charge is -2.03. The largest absolute Gasteiger partial charge is 0.466 e. The van der Waals surface area contributed by atoms with E-state index in [1.165, 1.54) is 17.7 Å². The van der Waals surface area contributed by atoms with Crippen LogP contribution in [-0.2, 0) is 16.0 Å². The Kier molecular flexibility index (Phi) is 3.88. The zero-order valence-corrected chi connectivity index (χ0v) is 10.3. The summed E-state index contributed by atoms with van der Waals surface area (Å²) in [7, 11) is 0. The molecule has 1 fully saturated rings. The summed E-state index contributed by atoms with van der Waals surface area (Å²) in [5.41, 5.74) is 1.03. The number of carbonyl (C=O) groups is 1. The lowest BCUT2D eigenvalue weighted by Crippen LogP contribution is -2.07. The number of benzene rings is 1. The van der Waals surface area contributed by atoms with Gasteiger partial charge in [-0.2, -0.15) is 0 Å². The van der Waals surface area contributed by atoms with Crippen molar-refractivity contribution in [3.63, 3.8) is 0 Å². The molecule has 86 valence electrons. The summed E-state index contributed by atoms with van der Waals surface area (Å²) in [6.45, 7) is 2.28. The van der Waals surface area contributed by atoms with Crippen LogP contribution in [-0.4, -0.2) is 17.8 Å². The van der Waals surface area contributed by atoms with Gasteiger partial charge in [0.2, 0.25) is 0 Å². The predicted molar refractivity (Wildman–Crippen MR) is 65.7 cm³/mol. The van der Waals surface area contributed by atoms with Gasteiger partial charge in [0.1, 0.15) is 0 Å². The van der Waals surface area contributed by atoms with Crippen molar-refractivity contribution in [3.05, 3.63) is 29.8 Å². The van der Waals surface area contributed by atoms with Crippen molar-refractivity contribution in [2.24, 2.45) is 0 Å². The maximum atomic E-state index is 11.3. The van der Waals surface area contributed by atoms with Crippen LogP contribution in [0.15, 0.2) is 29.2 Å². The highest BCUT2D eigenvalue weighted by atomic mass is 32.2. The van der Waals surface area contributed by atoms with Crippen molar-refractivity contribution >= 4 is 17.7 Å². The lowest BCUT2D eigenvalue weighted by molar-refractivity contribution is -0.142. The SMILES string of the molecule is CCOC(=O)Cc1ccc(SC2CC2)cc1. The van der Waals surface area contributed by atoms with Gasteiger partial charge in [0, 0.05) is 10.1 Å². The van der Waals surface area contributed by atoms with E-state index in [1.807, 2.05) is 30.8 Å². The second kappa shape index (κ2) is 5.39. The third kappa shape index (κ3) is 3.56. The second-order valence-corrected chi connectivity index (χ2v) is 5.32. The zero-order valence-electron chi connectivity index (χ0n) is 9.44. The van der Waals surface area contributed by atoms with E-state index < -0.39 is 0 Å². The van der Waals surface area contributed by atoms with E-state index in [0.29, 0.717) is 13.0 Å². The molecule has 0 bridgehead atoms. The highest BCUT2D eigenvalue weighted by Crippen LogP contribution is 2.38. The zero-order chi connectivity index (χ0) is 11.4. The van der Waals surface area contributed by atoms with Crippen LogP contribution in [0.25, 0.3) is 0 Å². The van der Waals surface area contributed by atoms with Gasteiger partial charge >= 0.3 is 5.97 Å². The number of hydrogen-bond acceptors (Lipinski definition) is 3. The fourth-order valence-corrected chi connectivity index (χ4v) is 2.49. The van der Waals surface area contributed by atoms with Gasteiger partial charge in [-0.25, -0.2) is 0 Å². The molecule has 1 saturated carbocycles. The van der Waals surface area contributed by atoms with Gasteiger partial charge in [0.25, 0.3) is 0 Å². The topological polar surface area (TPSA) is 26.3 Å². The molecule has 0 unspecified atom stereocenters. The van der Waals surface area contributed by atoms with E-state index in [4.69, 9.17) is 4.74 Å². The number of ether oxygens (including phenoxy) is 1. The van der Waals surface area contributed by atoms with E-state index in [1.54, 1.807) is 0 Å². The van der Waals surface area contributed by atoms with E-state index in [9.17, 15) is 4.79 Å². The Morgan fingerprint density at radius 1 is 1.38 bits per heavy atom. The van der Waals surface area contributed by atoms with Gasteiger partial charge in [0.15, 0.2) is 0 Å². The molecule has 0 atom stereocenters. The Bertz CT molecular complexity index is 355. The standard InChI is InChI=1S/C13H16O2S/c1-2-15-13(14)9-10-3-5-11(6-4-10)16-12-7-8-12/h3-6,12H,2,7-9H2,1H3. The molecule has 0 spiro atoms. The molecule has 0 saturated heterocycles. The molecular weight excluding hydrogens is 220 g/mol. The smallest absolute Gasteiger partial charge is 0.310 e. The van der Waals surface area contributed by atoms with Crippen molar-refractivity contribution in [2.45, 2.75) is 36.3 Å². The number of hydrogen-bond donors (Lipinski definition) is 0. The Morgan fingerprint density at radius 2 is 2.06 bits per heavy atom. The summed E-state index contributed by atoms with van der Waals surface area (Å²) < 4.78 is 4.91. The number of rotatable bonds is 5. The minimum atomic E-state index is -0.148. The van der Waals surface area contributed by atoms with Gasteiger partial charge in [-0.15, -0.1) is 11.8 Å². The first kappa shape index (κ1) is 11.5. The van der Waals surface area contributed by atoms with Crippen LogP contribution >= 0.6 is 11.8 Å². The predicted octanol–water partition coefficient (Wildman–Crippen LogP) is 3.05. The average molecular weight is 236 g/mol. The molecule has 3 heteroatoms. The number of esters is 1. The van der Waals surface area contributed by atoms with E-state index >= 15 is 0 Å². The summed E-state index contributed by atoms with van der Waals surface area (Å²) in [6.07, 6.45) is 3.06. The lowest BCUT2D eigenvalue weighted by atomic mass is 10.1. The van der Waals surface area contributed by atoms with Crippen LogP contribution in [0.2, 0.25) is 0 Å². The first-order valence-electron chi connectivity index (χ1n) is 5.69. The first-order chi connectivity index (χ1) is 7.78. The third-order valence-corrected chi connectivity index (χ3v) is 3.75. The Labute approximate surface area is 100 Å². The molecule has 0 aliphatic heterocycles. The highest BCUT2D eigenvalue weighted by molar-refractivity contribution is 8.00. The van der Waals surface area contributed by atoms with Gasteiger partial charge in [0.05, 0.1) is 13.0 Å². The molecule has 0 amide bonds. The van der Waals surface area contributed by atoms with Crippen molar-refractivity contribution in [2.75, 3.05) is 6.61 Å². The van der Waals surface area contributed by atoms with Crippen molar-refractivity contribution in [1.29, 1.82) is 0 Å². The molecule has 1 aromatic carbocycles. The fraction of sp³-hybridized carbons (Fsp3) is 0.462. The molecule has 1 aromatic rings. The van der Waals surface area contributed by atoms with Crippen LogP contribution in [0.1, 0.15) is 25.3 Å². The fourth-order valence-electron chi connectivity index (χ4n) is 1.44. The van der Waals surface area contributed by atoms with Crippen LogP contribution in [0, 0.1) is 0 Å². The van der Waals surface area contributed by atoms with E-state index in [0.717, 1.165) is 10.8 Å². The summed E-state index contributed by atoms with van der Waals surface area (Å²) >= 11 is 1.93. The molecule has 0 aromatic heterocycles. The molecule has 0 radical (unpaired) electrons. The van der Waals surface area contributed by atoms with Gasteiger partial charge in [-0.1, -0.05) is 12.1 Å². The van der Waals surface area contributed by atoms with Gasteiger partial charge in [-0.3, -0.25) is 4.79 Å². The summed E-state index contributed by atoms with van der Waals surface area (Å²) in [5.74, 6) is -0.148. The third-order valence-electron chi connectivity index (χ3n) is 2.40. The molecule has 16 heavy (non-hydrogen) atoms. The van der Waals surface area contributed by atoms with Crippen molar-refractivity contribution in [1.82, 2.24) is 0 Å². The first-order valence-corrected chi connectivity index (χ1v) is 6.57.